The number of hydrogen-bond donors (Lipinski definition) is 2. The van der Waals surface area contributed by atoms with Crippen LogP contribution >= 0.6 is 0 Å². The van der Waals surface area contributed by atoms with Crippen LogP contribution in [0.1, 0.15) is 39.0 Å². The molecular formula is C15H26N2. The summed E-state index contributed by atoms with van der Waals surface area (Å²) in [6.45, 7) is 6.11. The quantitative estimate of drug-likeness (QED) is 0.777. The molecule has 3 aliphatic carbocycles. The Labute approximate surface area is 105 Å². The van der Waals surface area contributed by atoms with E-state index >= 15 is 0 Å². The Morgan fingerprint density at radius 1 is 1.24 bits per heavy atom. The summed E-state index contributed by atoms with van der Waals surface area (Å²) in [7, 11) is 0. The number of hydrogen-bond acceptors (Lipinski definition) is 2. The molecule has 2 nitrogen and oxygen atoms in total. The highest BCUT2D eigenvalue weighted by Gasteiger charge is 2.64. The van der Waals surface area contributed by atoms with Gasteiger partial charge < -0.3 is 10.6 Å². The minimum absolute atomic E-state index is 0.579. The van der Waals surface area contributed by atoms with E-state index in [0.717, 1.165) is 29.7 Å². The lowest BCUT2D eigenvalue weighted by Crippen LogP contribution is -2.38. The fourth-order valence-electron chi connectivity index (χ4n) is 5.31. The lowest BCUT2D eigenvalue weighted by molar-refractivity contribution is 0.280. The SMILES string of the molecule is CCC1(CNC2C3C4CCC(C4)C23)CCNC1. The molecule has 4 fully saturated rings. The van der Waals surface area contributed by atoms with Gasteiger partial charge >= 0.3 is 0 Å². The molecule has 2 heteroatoms. The second-order valence-corrected chi connectivity index (χ2v) is 7.17. The van der Waals surface area contributed by atoms with Gasteiger partial charge in [-0.05, 0) is 67.7 Å². The van der Waals surface area contributed by atoms with Crippen LogP contribution in [0.4, 0.5) is 0 Å². The van der Waals surface area contributed by atoms with Gasteiger partial charge in [0.2, 0.25) is 0 Å². The van der Waals surface area contributed by atoms with E-state index in [1.807, 2.05) is 0 Å². The van der Waals surface area contributed by atoms with Gasteiger partial charge in [-0.1, -0.05) is 6.92 Å². The molecule has 5 atom stereocenters. The maximum Gasteiger partial charge on any atom is 0.0136 e. The molecule has 0 aromatic heterocycles. The fraction of sp³-hybridized carbons (Fsp3) is 1.00. The molecule has 2 bridgehead atoms. The van der Waals surface area contributed by atoms with Crippen molar-refractivity contribution < 1.29 is 0 Å². The Morgan fingerprint density at radius 3 is 2.59 bits per heavy atom. The maximum absolute atomic E-state index is 3.95. The monoisotopic (exact) mass is 234 g/mol. The summed E-state index contributed by atoms with van der Waals surface area (Å²) in [5.74, 6) is 4.41. The van der Waals surface area contributed by atoms with Gasteiger partial charge in [0.15, 0.2) is 0 Å². The number of nitrogens with one attached hydrogen (secondary N) is 2. The summed E-state index contributed by atoms with van der Waals surface area (Å²) in [4.78, 5) is 0. The molecule has 96 valence electrons. The molecule has 0 amide bonds. The molecule has 1 saturated heterocycles. The zero-order valence-corrected chi connectivity index (χ0v) is 11.0. The van der Waals surface area contributed by atoms with E-state index in [-0.39, 0.29) is 0 Å². The van der Waals surface area contributed by atoms with Crippen molar-refractivity contribution in [3.8, 4) is 0 Å². The molecule has 4 rings (SSSR count). The highest BCUT2D eigenvalue weighted by molar-refractivity contribution is 5.17. The van der Waals surface area contributed by atoms with E-state index < -0.39 is 0 Å². The van der Waals surface area contributed by atoms with E-state index in [2.05, 4.69) is 17.6 Å². The van der Waals surface area contributed by atoms with Gasteiger partial charge in [-0.2, -0.15) is 0 Å². The lowest BCUT2D eigenvalue weighted by Gasteiger charge is -2.27. The summed E-state index contributed by atoms with van der Waals surface area (Å²) >= 11 is 0. The van der Waals surface area contributed by atoms with Crippen LogP contribution in [0.25, 0.3) is 0 Å². The molecular weight excluding hydrogens is 208 g/mol. The van der Waals surface area contributed by atoms with Crippen LogP contribution in [-0.2, 0) is 0 Å². The predicted octanol–water partition coefficient (Wildman–Crippen LogP) is 2.01. The van der Waals surface area contributed by atoms with Gasteiger partial charge in [0.1, 0.15) is 0 Å². The molecule has 1 heterocycles. The Kier molecular flexibility index (Phi) is 2.36. The van der Waals surface area contributed by atoms with Crippen LogP contribution < -0.4 is 10.6 Å². The first-order chi connectivity index (χ1) is 8.33. The van der Waals surface area contributed by atoms with Gasteiger partial charge in [-0.25, -0.2) is 0 Å². The topological polar surface area (TPSA) is 24.1 Å². The van der Waals surface area contributed by atoms with Crippen molar-refractivity contribution in [2.45, 2.75) is 45.1 Å². The van der Waals surface area contributed by atoms with Crippen LogP contribution in [-0.4, -0.2) is 25.7 Å². The van der Waals surface area contributed by atoms with Crippen LogP contribution in [0.5, 0.6) is 0 Å². The lowest BCUT2D eigenvalue weighted by atomic mass is 9.84. The maximum atomic E-state index is 3.95. The molecule has 3 saturated carbocycles. The first kappa shape index (κ1) is 10.8. The first-order valence-corrected chi connectivity index (χ1v) is 7.77. The minimum atomic E-state index is 0.579. The number of fused-ring (bicyclic) bond motifs is 5. The molecule has 0 aromatic rings. The summed E-state index contributed by atoms with van der Waals surface area (Å²) in [5.41, 5.74) is 0.579. The van der Waals surface area contributed by atoms with E-state index in [4.69, 9.17) is 0 Å². The van der Waals surface area contributed by atoms with Crippen molar-refractivity contribution in [2.75, 3.05) is 19.6 Å². The highest BCUT2D eigenvalue weighted by atomic mass is 15.0. The number of rotatable bonds is 4. The minimum Gasteiger partial charge on any atom is -0.316 e. The highest BCUT2D eigenvalue weighted by Crippen LogP contribution is 2.65. The third-order valence-electron chi connectivity index (χ3n) is 6.53. The molecule has 1 aliphatic heterocycles. The normalized spacial score (nSPS) is 55.2. The van der Waals surface area contributed by atoms with Crippen molar-refractivity contribution >= 4 is 0 Å². The second-order valence-electron chi connectivity index (χ2n) is 7.17. The second kappa shape index (κ2) is 3.71. The van der Waals surface area contributed by atoms with E-state index in [0.29, 0.717) is 5.41 Å². The zero-order chi connectivity index (χ0) is 11.5. The van der Waals surface area contributed by atoms with Gasteiger partial charge in [0.05, 0.1) is 0 Å². The third kappa shape index (κ3) is 1.53. The average Bonchev–Trinajstić information content (AvgIpc) is 2.82. The van der Waals surface area contributed by atoms with Gasteiger partial charge in [-0.15, -0.1) is 0 Å². The Hall–Kier alpha value is -0.0800. The summed E-state index contributed by atoms with van der Waals surface area (Å²) < 4.78 is 0. The molecule has 17 heavy (non-hydrogen) atoms. The predicted molar refractivity (Wildman–Crippen MR) is 69.8 cm³/mol. The van der Waals surface area contributed by atoms with Crippen molar-refractivity contribution in [3.63, 3.8) is 0 Å². The smallest absolute Gasteiger partial charge is 0.0136 e. The zero-order valence-electron chi connectivity index (χ0n) is 11.0. The van der Waals surface area contributed by atoms with Gasteiger partial charge in [0.25, 0.3) is 0 Å². The van der Waals surface area contributed by atoms with Gasteiger partial charge in [0, 0.05) is 19.1 Å². The Bertz CT molecular complexity index is 292. The van der Waals surface area contributed by atoms with Crippen molar-refractivity contribution in [1.82, 2.24) is 10.6 Å². The van der Waals surface area contributed by atoms with Crippen LogP contribution in [0.3, 0.4) is 0 Å². The molecule has 4 aliphatic rings. The standard InChI is InChI=1S/C15H26N2/c1-2-15(5-6-16-8-15)9-17-14-12-10-3-4-11(7-10)13(12)14/h10-14,16-17H,2-9H2,1H3. The fourth-order valence-corrected chi connectivity index (χ4v) is 5.31. The molecule has 0 aromatic carbocycles. The Balaban J connectivity index is 1.35. The average molecular weight is 234 g/mol. The largest absolute Gasteiger partial charge is 0.316 e. The summed E-state index contributed by atoms with van der Waals surface area (Å²) in [5, 5.41) is 7.50. The molecule has 0 spiro atoms. The van der Waals surface area contributed by atoms with E-state index in [9.17, 15) is 0 Å². The van der Waals surface area contributed by atoms with E-state index in [1.54, 1.807) is 19.3 Å². The van der Waals surface area contributed by atoms with Crippen LogP contribution in [0.2, 0.25) is 0 Å². The molecule has 5 unspecified atom stereocenters. The first-order valence-electron chi connectivity index (χ1n) is 7.77. The van der Waals surface area contributed by atoms with Gasteiger partial charge in [-0.3, -0.25) is 0 Å². The van der Waals surface area contributed by atoms with Crippen molar-refractivity contribution in [3.05, 3.63) is 0 Å². The van der Waals surface area contributed by atoms with Crippen LogP contribution in [0, 0.1) is 29.1 Å². The van der Waals surface area contributed by atoms with E-state index in [1.165, 1.54) is 32.5 Å². The van der Waals surface area contributed by atoms with Crippen molar-refractivity contribution in [1.29, 1.82) is 0 Å². The Morgan fingerprint density at radius 2 is 2.00 bits per heavy atom. The molecule has 2 N–H and O–H groups in total. The summed E-state index contributed by atoms with van der Waals surface area (Å²) in [6.07, 6.45) is 7.39. The van der Waals surface area contributed by atoms with Crippen molar-refractivity contribution in [2.24, 2.45) is 29.1 Å². The summed E-state index contributed by atoms with van der Waals surface area (Å²) in [6, 6.07) is 0.922. The molecule has 0 radical (unpaired) electrons. The third-order valence-corrected chi connectivity index (χ3v) is 6.53. The van der Waals surface area contributed by atoms with Crippen LogP contribution in [0.15, 0.2) is 0 Å².